The normalized spacial score (nSPS) is 19.5. The van der Waals surface area contributed by atoms with E-state index in [0.29, 0.717) is 18.7 Å². The number of thioether (sulfide) groups is 1. The second-order valence-electron chi connectivity index (χ2n) is 11.6. The Kier molecular flexibility index (Phi) is 10.5. The van der Waals surface area contributed by atoms with Crippen LogP contribution in [-0.4, -0.2) is 54.3 Å². The highest BCUT2D eigenvalue weighted by molar-refractivity contribution is 8.03. The molecule has 0 radical (unpaired) electrons. The molecule has 196 valence electrons. The van der Waals surface area contributed by atoms with Crippen LogP contribution in [0.3, 0.4) is 0 Å². The van der Waals surface area contributed by atoms with Crippen molar-refractivity contribution in [1.82, 2.24) is 4.90 Å². The first-order valence-corrected chi connectivity index (χ1v) is 13.8. The van der Waals surface area contributed by atoms with E-state index in [-0.39, 0.29) is 28.8 Å². The number of rotatable bonds is 9. The number of nitrogens with zero attached hydrogens (tertiary/aromatic N) is 1. The minimum atomic E-state index is -0.330. The molecule has 0 saturated carbocycles. The van der Waals surface area contributed by atoms with Crippen LogP contribution in [0.1, 0.15) is 90.8 Å². The fraction of sp³-hybridized carbons (Fsp3) is 0.655. The first-order chi connectivity index (χ1) is 16.3. The molecule has 1 N–H and O–H groups in total. The molecule has 0 bridgehead atoms. The number of phenolic OH excluding ortho intramolecular Hbond substituents is 1. The summed E-state index contributed by atoms with van der Waals surface area (Å²) >= 11 is 1.72. The Morgan fingerprint density at radius 3 is 2.26 bits per heavy atom. The molecular formula is C29H45NO4S. The maximum absolute atomic E-state index is 12.3. The Hall–Kier alpha value is -1.79. The van der Waals surface area contributed by atoms with Crippen LogP contribution in [0.5, 0.6) is 5.75 Å². The predicted molar refractivity (Wildman–Crippen MR) is 147 cm³/mol. The number of methoxy groups -OCH3 is 1. The van der Waals surface area contributed by atoms with Gasteiger partial charge in [-0.3, -0.25) is 9.69 Å². The fourth-order valence-electron chi connectivity index (χ4n) is 4.58. The third-order valence-electron chi connectivity index (χ3n) is 6.72. The van der Waals surface area contributed by atoms with Crippen LogP contribution in [0.2, 0.25) is 0 Å². The van der Waals surface area contributed by atoms with E-state index in [1.54, 1.807) is 11.8 Å². The molecule has 1 aromatic carbocycles. The highest BCUT2D eigenvalue weighted by Crippen LogP contribution is 2.41. The van der Waals surface area contributed by atoms with Crippen molar-refractivity contribution in [2.24, 2.45) is 5.92 Å². The monoisotopic (exact) mass is 503 g/mol. The number of phenols is 1. The first-order valence-electron chi connectivity index (χ1n) is 12.8. The number of carbonyl (C=O) groups is 2. The molecule has 0 spiro atoms. The maximum atomic E-state index is 12.3. The largest absolute Gasteiger partial charge is 0.507 e. The highest BCUT2D eigenvalue weighted by Gasteiger charge is 2.30. The van der Waals surface area contributed by atoms with Gasteiger partial charge in [-0.05, 0) is 47.4 Å². The van der Waals surface area contributed by atoms with Gasteiger partial charge in [0.15, 0.2) is 0 Å². The molecule has 5 nitrogen and oxygen atoms in total. The van der Waals surface area contributed by atoms with Gasteiger partial charge in [-0.25, -0.2) is 0 Å². The Morgan fingerprint density at radius 2 is 1.77 bits per heavy atom. The summed E-state index contributed by atoms with van der Waals surface area (Å²) < 4.78 is 5.03. The number of aromatic hydroxyl groups is 1. The molecule has 2 rings (SSSR count). The predicted octanol–water partition coefficient (Wildman–Crippen LogP) is 6.31. The second kappa shape index (κ2) is 12.4. The molecule has 6 heteroatoms. The number of benzene rings is 1. The lowest BCUT2D eigenvalue weighted by molar-refractivity contribution is -0.146. The molecule has 0 amide bonds. The van der Waals surface area contributed by atoms with Crippen LogP contribution in [0.15, 0.2) is 17.0 Å². The molecule has 2 atom stereocenters. The lowest BCUT2D eigenvalue weighted by Crippen LogP contribution is -2.43. The summed E-state index contributed by atoms with van der Waals surface area (Å²) in [6.45, 7) is 16.2. The van der Waals surface area contributed by atoms with Crippen LogP contribution in [0.25, 0.3) is 6.08 Å². The molecule has 0 aromatic heterocycles. The van der Waals surface area contributed by atoms with Gasteiger partial charge >= 0.3 is 5.97 Å². The third-order valence-corrected chi connectivity index (χ3v) is 7.80. The van der Waals surface area contributed by atoms with Crippen LogP contribution in [0, 0.1) is 5.92 Å². The minimum absolute atomic E-state index is 0.130. The lowest BCUT2D eigenvalue weighted by atomic mass is 9.78. The number of ether oxygens (including phenoxy) is 1. The summed E-state index contributed by atoms with van der Waals surface area (Å²) in [7, 11) is 1.45. The number of hydrogen-bond donors (Lipinski definition) is 1. The van der Waals surface area contributed by atoms with Crippen molar-refractivity contribution in [3.05, 3.63) is 33.7 Å². The van der Waals surface area contributed by atoms with Crippen molar-refractivity contribution in [3.63, 3.8) is 0 Å². The fourth-order valence-corrected chi connectivity index (χ4v) is 5.74. The topological polar surface area (TPSA) is 66.8 Å². The third kappa shape index (κ3) is 7.85. The van der Waals surface area contributed by atoms with Gasteiger partial charge < -0.3 is 14.6 Å². The van der Waals surface area contributed by atoms with Gasteiger partial charge in [0.25, 0.3) is 0 Å². The van der Waals surface area contributed by atoms with Crippen LogP contribution < -0.4 is 0 Å². The Labute approximate surface area is 216 Å². The van der Waals surface area contributed by atoms with Gasteiger partial charge in [0.2, 0.25) is 0 Å². The van der Waals surface area contributed by atoms with E-state index in [9.17, 15) is 14.7 Å². The second-order valence-corrected chi connectivity index (χ2v) is 12.8. The summed E-state index contributed by atoms with van der Waals surface area (Å²) in [5, 5.41) is 11.1. The molecule has 2 unspecified atom stereocenters. The van der Waals surface area contributed by atoms with E-state index >= 15 is 0 Å². The molecular weight excluding hydrogens is 458 g/mol. The van der Waals surface area contributed by atoms with Gasteiger partial charge in [0, 0.05) is 34.9 Å². The average Bonchev–Trinajstić information content (AvgIpc) is 2.78. The van der Waals surface area contributed by atoms with Gasteiger partial charge in [-0.15, -0.1) is 11.8 Å². The SMILES string of the molecule is CCCCC(CCN1CCSC(=Cc2cc(C(C)(C)C)c(O)c(C(C)(C)C)c2)C1C=O)C(=O)OC. The first kappa shape index (κ1) is 29.4. The van der Waals surface area contributed by atoms with E-state index in [1.807, 2.05) is 0 Å². The standard InChI is InChI=1S/C29H45NO4S/c1-9-10-11-21(27(33)34-8)12-13-30-14-15-35-25(24(30)19-31)18-20-16-22(28(2,3)4)26(32)23(17-20)29(5,6)7/h16-19,21,24,32H,9-15H2,1-8H3. The number of esters is 1. The van der Waals surface area contributed by atoms with Crippen LogP contribution in [0.4, 0.5) is 0 Å². The smallest absolute Gasteiger partial charge is 0.308 e. The van der Waals surface area contributed by atoms with Gasteiger partial charge in [0.1, 0.15) is 12.0 Å². The molecule has 35 heavy (non-hydrogen) atoms. The van der Waals surface area contributed by atoms with E-state index in [4.69, 9.17) is 4.74 Å². The summed E-state index contributed by atoms with van der Waals surface area (Å²) in [6, 6.07) is 3.77. The Morgan fingerprint density at radius 1 is 1.17 bits per heavy atom. The number of carbonyl (C=O) groups excluding carboxylic acids is 2. The molecule has 1 saturated heterocycles. The van der Waals surface area contributed by atoms with Crippen molar-refractivity contribution in [3.8, 4) is 5.75 Å². The molecule has 1 fully saturated rings. The Balaban J connectivity index is 2.36. The summed E-state index contributed by atoms with van der Waals surface area (Å²) in [4.78, 5) is 27.7. The van der Waals surface area contributed by atoms with Crippen molar-refractivity contribution in [2.45, 2.75) is 91.0 Å². The quantitative estimate of drug-likeness (QED) is 0.314. The van der Waals surface area contributed by atoms with Crippen molar-refractivity contribution < 1.29 is 19.4 Å². The molecule has 0 aliphatic carbocycles. The van der Waals surface area contributed by atoms with Gasteiger partial charge in [-0.1, -0.05) is 61.3 Å². The van der Waals surface area contributed by atoms with E-state index in [0.717, 1.165) is 59.4 Å². The Bertz CT molecular complexity index is 875. The zero-order valence-electron chi connectivity index (χ0n) is 22.9. The molecule has 1 aromatic rings. The van der Waals surface area contributed by atoms with E-state index in [1.165, 1.54) is 7.11 Å². The molecule has 1 heterocycles. The van der Waals surface area contributed by atoms with Gasteiger partial charge in [-0.2, -0.15) is 0 Å². The minimum Gasteiger partial charge on any atom is -0.507 e. The number of unbranched alkanes of at least 4 members (excludes halogenated alkanes) is 1. The number of hydrogen-bond acceptors (Lipinski definition) is 6. The maximum Gasteiger partial charge on any atom is 0.308 e. The average molecular weight is 504 g/mol. The van der Waals surface area contributed by atoms with Crippen molar-refractivity contribution in [2.75, 3.05) is 26.0 Å². The van der Waals surface area contributed by atoms with E-state index in [2.05, 4.69) is 71.6 Å². The lowest BCUT2D eigenvalue weighted by Gasteiger charge is -2.35. The highest BCUT2D eigenvalue weighted by atomic mass is 32.2. The van der Waals surface area contributed by atoms with Gasteiger partial charge in [0.05, 0.1) is 19.1 Å². The molecule has 1 aliphatic rings. The summed E-state index contributed by atoms with van der Waals surface area (Å²) in [5.41, 5.74) is 2.40. The number of aldehydes is 1. The van der Waals surface area contributed by atoms with Crippen LogP contribution >= 0.6 is 11.8 Å². The summed E-state index contributed by atoms with van der Waals surface area (Å²) in [5.74, 6) is 0.967. The van der Waals surface area contributed by atoms with E-state index < -0.39 is 0 Å². The summed E-state index contributed by atoms with van der Waals surface area (Å²) in [6.07, 6.45) is 6.67. The zero-order chi connectivity index (χ0) is 26.4. The molecule has 1 aliphatic heterocycles. The van der Waals surface area contributed by atoms with Crippen LogP contribution in [-0.2, 0) is 25.2 Å². The zero-order valence-corrected chi connectivity index (χ0v) is 23.8. The van der Waals surface area contributed by atoms with Crippen molar-refractivity contribution >= 4 is 30.1 Å². The van der Waals surface area contributed by atoms with Crippen molar-refractivity contribution in [1.29, 1.82) is 0 Å².